The van der Waals surface area contributed by atoms with Crippen molar-refractivity contribution in [1.82, 2.24) is 0 Å². The quantitative estimate of drug-likeness (QED) is 0.766. The van der Waals surface area contributed by atoms with Crippen molar-refractivity contribution >= 4 is 11.3 Å². The SMILES string of the molecule is CC(C)CCCC(N)Cc1ccsc1. The summed E-state index contributed by atoms with van der Waals surface area (Å²) >= 11 is 1.75. The van der Waals surface area contributed by atoms with Crippen LogP contribution in [0.25, 0.3) is 0 Å². The largest absolute Gasteiger partial charge is 0.327 e. The van der Waals surface area contributed by atoms with Gasteiger partial charge in [0.25, 0.3) is 0 Å². The molecule has 0 aromatic carbocycles. The summed E-state index contributed by atoms with van der Waals surface area (Å²) in [7, 11) is 0. The molecule has 0 amide bonds. The van der Waals surface area contributed by atoms with Gasteiger partial charge in [0.05, 0.1) is 0 Å². The zero-order valence-corrected chi connectivity index (χ0v) is 10.0. The first-order chi connectivity index (χ1) is 6.68. The summed E-state index contributed by atoms with van der Waals surface area (Å²) in [6.07, 6.45) is 4.77. The molecule has 1 unspecified atom stereocenters. The second-order valence-corrected chi connectivity index (χ2v) is 5.20. The molecule has 1 aromatic rings. The Morgan fingerprint density at radius 3 is 2.71 bits per heavy atom. The van der Waals surface area contributed by atoms with Gasteiger partial charge in [-0.15, -0.1) is 0 Å². The van der Waals surface area contributed by atoms with Crippen LogP contribution in [0.5, 0.6) is 0 Å². The van der Waals surface area contributed by atoms with Crippen molar-refractivity contribution in [3.05, 3.63) is 22.4 Å². The minimum absolute atomic E-state index is 0.350. The molecule has 1 rings (SSSR count). The monoisotopic (exact) mass is 211 g/mol. The van der Waals surface area contributed by atoms with Crippen molar-refractivity contribution in [3.63, 3.8) is 0 Å². The van der Waals surface area contributed by atoms with Crippen LogP contribution in [-0.4, -0.2) is 6.04 Å². The van der Waals surface area contributed by atoms with Crippen LogP contribution in [0.2, 0.25) is 0 Å². The maximum atomic E-state index is 6.06. The van der Waals surface area contributed by atoms with E-state index in [1.165, 1.54) is 18.4 Å². The fourth-order valence-corrected chi connectivity index (χ4v) is 2.28. The average molecular weight is 211 g/mol. The maximum absolute atomic E-state index is 6.06. The normalized spacial score (nSPS) is 13.4. The number of rotatable bonds is 6. The zero-order valence-electron chi connectivity index (χ0n) is 9.20. The van der Waals surface area contributed by atoms with Crippen molar-refractivity contribution in [2.24, 2.45) is 11.7 Å². The molecule has 0 aliphatic carbocycles. The van der Waals surface area contributed by atoms with Gasteiger partial charge in [-0.3, -0.25) is 0 Å². The van der Waals surface area contributed by atoms with Crippen LogP contribution < -0.4 is 5.73 Å². The molecule has 0 saturated heterocycles. The summed E-state index contributed by atoms with van der Waals surface area (Å²) < 4.78 is 0. The summed E-state index contributed by atoms with van der Waals surface area (Å²) in [5.74, 6) is 0.809. The van der Waals surface area contributed by atoms with Crippen molar-refractivity contribution in [3.8, 4) is 0 Å². The minimum atomic E-state index is 0.350. The fourth-order valence-electron chi connectivity index (χ4n) is 1.60. The number of thiophene rings is 1. The Hall–Kier alpha value is -0.340. The Morgan fingerprint density at radius 1 is 1.36 bits per heavy atom. The summed E-state index contributed by atoms with van der Waals surface area (Å²) in [6.45, 7) is 4.54. The highest BCUT2D eigenvalue weighted by atomic mass is 32.1. The molecule has 1 nitrogen and oxygen atoms in total. The molecule has 2 heteroatoms. The van der Waals surface area contributed by atoms with Gasteiger partial charge in [-0.05, 0) is 41.1 Å². The van der Waals surface area contributed by atoms with Crippen LogP contribution in [-0.2, 0) is 6.42 Å². The molecule has 0 aliphatic heterocycles. The van der Waals surface area contributed by atoms with Gasteiger partial charge in [0, 0.05) is 6.04 Å². The van der Waals surface area contributed by atoms with E-state index in [-0.39, 0.29) is 0 Å². The lowest BCUT2D eigenvalue weighted by Crippen LogP contribution is -2.22. The topological polar surface area (TPSA) is 26.0 Å². The molecule has 1 aromatic heterocycles. The number of hydrogen-bond acceptors (Lipinski definition) is 2. The number of hydrogen-bond donors (Lipinski definition) is 1. The summed E-state index contributed by atoms with van der Waals surface area (Å²) in [4.78, 5) is 0. The van der Waals surface area contributed by atoms with Gasteiger partial charge in [0.1, 0.15) is 0 Å². The molecule has 0 saturated carbocycles. The van der Waals surface area contributed by atoms with Crippen LogP contribution >= 0.6 is 11.3 Å². The smallest absolute Gasteiger partial charge is 0.00796 e. The van der Waals surface area contributed by atoms with Gasteiger partial charge < -0.3 is 5.73 Å². The molecule has 1 atom stereocenters. The molecule has 0 radical (unpaired) electrons. The van der Waals surface area contributed by atoms with Gasteiger partial charge in [0.15, 0.2) is 0 Å². The molecule has 0 fully saturated rings. The van der Waals surface area contributed by atoms with Crippen LogP contribution in [0.4, 0.5) is 0 Å². The highest BCUT2D eigenvalue weighted by molar-refractivity contribution is 7.07. The third-order valence-corrected chi connectivity index (χ3v) is 3.17. The van der Waals surface area contributed by atoms with Crippen LogP contribution in [0, 0.1) is 5.92 Å². The molecule has 0 bridgehead atoms. The van der Waals surface area contributed by atoms with Gasteiger partial charge in [0.2, 0.25) is 0 Å². The second-order valence-electron chi connectivity index (χ2n) is 4.42. The molecule has 0 aliphatic rings. The Kier molecular flexibility index (Phi) is 5.20. The standard InChI is InChI=1S/C12H21NS/c1-10(2)4-3-5-12(13)8-11-6-7-14-9-11/h6-7,9-10,12H,3-5,8,13H2,1-2H3. The predicted octanol–water partition coefficient (Wildman–Crippen LogP) is 3.44. The van der Waals surface area contributed by atoms with E-state index in [0.29, 0.717) is 6.04 Å². The summed E-state index contributed by atoms with van der Waals surface area (Å²) in [5, 5.41) is 4.32. The molecular formula is C12H21NS. The van der Waals surface area contributed by atoms with E-state index in [2.05, 4.69) is 30.7 Å². The number of nitrogens with two attached hydrogens (primary N) is 1. The minimum Gasteiger partial charge on any atom is -0.327 e. The van der Waals surface area contributed by atoms with Gasteiger partial charge >= 0.3 is 0 Å². The third kappa shape index (κ3) is 4.77. The molecule has 0 spiro atoms. The first-order valence-electron chi connectivity index (χ1n) is 5.45. The average Bonchev–Trinajstić information content (AvgIpc) is 2.56. The Balaban J connectivity index is 2.13. The highest BCUT2D eigenvalue weighted by Gasteiger charge is 2.04. The molecule has 2 N–H and O–H groups in total. The fraction of sp³-hybridized carbons (Fsp3) is 0.667. The van der Waals surface area contributed by atoms with Crippen LogP contribution in [0.15, 0.2) is 16.8 Å². The van der Waals surface area contributed by atoms with Crippen LogP contribution in [0.3, 0.4) is 0 Å². The van der Waals surface area contributed by atoms with Gasteiger partial charge in [-0.25, -0.2) is 0 Å². The first-order valence-corrected chi connectivity index (χ1v) is 6.39. The van der Waals surface area contributed by atoms with Crippen LogP contribution in [0.1, 0.15) is 38.7 Å². The zero-order chi connectivity index (χ0) is 10.4. The van der Waals surface area contributed by atoms with E-state index in [1.807, 2.05) is 0 Å². The predicted molar refractivity (Wildman–Crippen MR) is 64.7 cm³/mol. The lowest BCUT2D eigenvalue weighted by molar-refractivity contribution is 0.496. The first kappa shape index (κ1) is 11.7. The van der Waals surface area contributed by atoms with Crippen molar-refractivity contribution in [1.29, 1.82) is 0 Å². The van der Waals surface area contributed by atoms with Crippen molar-refractivity contribution < 1.29 is 0 Å². The lowest BCUT2D eigenvalue weighted by atomic mass is 10.0. The Bertz CT molecular complexity index is 228. The third-order valence-electron chi connectivity index (χ3n) is 2.43. The van der Waals surface area contributed by atoms with E-state index in [4.69, 9.17) is 5.73 Å². The second kappa shape index (κ2) is 6.20. The van der Waals surface area contributed by atoms with E-state index >= 15 is 0 Å². The molecular weight excluding hydrogens is 190 g/mol. The Morgan fingerprint density at radius 2 is 2.14 bits per heavy atom. The van der Waals surface area contributed by atoms with E-state index < -0.39 is 0 Å². The van der Waals surface area contributed by atoms with Crippen molar-refractivity contribution in [2.45, 2.75) is 45.6 Å². The van der Waals surface area contributed by atoms with Gasteiger partial charge in [-0.1, -0.05) is 26.7 Å². The summed E-state index contributed by atoms with van der Waals surface area (Å²) in [6, 6.07) is 2.52. The lowest BCUT2D eigenvalue weighted by Gasteiger charge is -2.11. The van der Waals surface area contributed by atoms with Gasteiger partial charge in [-0.2, -0.15) is 11.3 Å². The van der Waals surface area contributed by atoms with E-state index in [9.17, 15) is 0 Å². The molecule has 80 valence electrons. The Labute approximate surface area is 91.3 Å². The summed E-state index contributed by atoms with van der Waals surface area (Å²) in [5.41, 5.74) is 7.45. The van der Waals surface area contributed by atoms with E-state index in [1.54, 1.807) is 11.3 Å². The van der Waals surface area contributed by atoms with Crippen molar-refractivity contribution in [2.75, 3.05) is 0 Å². The maximum Gasteiger partial charge on any atom is 0.00796 e. The molecule has 1 heterocycles. The highest BCUT2D eigenvalue weighted by Crippen LogP contribution is 2.12. The molecule has 14 heavy (non-hydrogen) atoms. The van der Waals surface area contributed by atoms with E-state index in [0.717, 1.165) is 18.8 Å².